The Hall–Kier alpha value is -1.80. The molecule has 3 aromatic rings. The molecule has 0 N–H and O–H groups in total. The van der Waals surface area contributed by atoms with Gasteiger partial charge in [-0.05, 0) is 47.4 Å². The van der Waals surface area contributed by atoms with Gasteiger partial charge in [0.15, 0.2) is 0 Å². The molecule has 1 heterocycles. The van der Waals surface area contributed by atoms with Gasteiger partial charge in [-0.25, -0.2) is 0 Å². The molecule has 2 aromatic carbocycles. The fraction of sp³-hybridized carbons (Fsp3) is 0.167. The molecule has 0 aliphatic carbocycles. The number of hydrogen-bond donors (Lipinski definition) is 1. The number of hydrogen-bond acceptors (Lipinski definition) is 2. The van der Waals surface area contributed by atoms with E-state index in [1.807, 2.05) is 24.4 Å². The van der Waals surface area contributed by atoms with E-state index in [2.05, 4.69) is 61.8 Å². The third kappa shape index (κ3) is 2.44. The Morgan fingerprint density at radius 2 is 1.85 bits per heavy atom. The van der Waals surface area contributed by atoms with Crippen molar-refractivity contribution in [1.29, 1.82) is 0 Å². The first kappa shape index (κ1) is 13.2. The molecule has 0 atom stereocenters. The van der Waals surface area contributed by atoms with Crippen LogP contribution in [0.3, 0.4) is 0 Å². The van der Waals surface area contributed by atoms with Crippen molar-refractivity contribution in [2.75, 3.05) is 0 Å². The topological polar surface area (TPSA) is 12.9 Å². The van der Waals surface area contributed by atoms with Crippen LogP contribution in [-0.4, -0.2) is 4.98 Å². The molecule has 0 saturated carbocycles. The van der Waals surface area contributed by atoms with Crippen LogP contribution >= 0.6 is 12.6 Å². The first-order valence-corrected chi connectivity index (χ1v) is 7.28. The third-order valence-electron chi connectivity index (χ3n) is 3.55. The lowest BCUT2D eigenvalue weighted by molar-refractivity contribution is 0.869. The monoisotopic (exact) mass is 279 g/mol. The van der Waals surface area contributed by atoms with Crippen molar-refractivity contribution in [3.8, 4) is 11.1 Å². The van der Waals surface area contributed by atoms with E-state index in [-0.39, 0.29) is 0 Å². The number of fused-ring (bicyclic) bond motifs is 1. The van der Waals surface area contributed by atoms with E-state index < -0.39 is 0 Å². The molecule has 3 rings (SSSR count). The summed E-state index contributed by atoms with van der Waals surface area (Å²) < 4.78 is 0. The maximum absolute atomic E-state index is 4.56. The summed E-state index contributed by atoms with van der Waals surface area (Å²) in [6.45, 7) is 4.44. The second-order valence-corrected chi connectivity index (χ2v) is 5.87. The maximum atomic E-state index is 4.56. The van der Waals surface area contributed by atoms with E-state index >= 15 is 0 Å². The predicted octanol–water partition coefficient (Wildman–Crippen LogP) is 5.31. The molecule has 0 aliphatic heterocycles. The van der Waals surface area contributed by atoms with Crippen molar-refractivity contribution in [2.24, 2.45) is 0 Å². The molecular weight excluding hydrogens is 262 g/mol. The van der Waals surface area contributed by atoms with Gasteiger partial charge >= 0.3 is 0 Å². The third-order valence-corrected chi connectivity index (χ3v) is 3.83. The van der Waals surface area contributed by atoms with Crippen molar-refractivity contribution in [2.45, 2.75) is 24.7 Å². The zero-order valence-electron chi connectivity index (χ0n) is 11.7. The molecule has 0 fully saturated rings. The Kier molecular flexibility index (Phi) is 3.49. The Balaban J connectivity index is 2.32. The van der Waals surface area contributed by atoms with Gasteiger partial charge in [0.1, 0.15) is 0 Å². The normalized spacial score (nSPS) is 11.2. The van der Waals surface area contributed by atoms with E-state index in [4.69, 9.17) is 0 Å². The zero-order chi connectivity index (χ0) is 14.1. The first-order valence-electron chi connectivity index (χ1n) is 6.83. The predicted molar refractivity (Wildman–Crippen MR) is 88.5 cm³/mol. The fourth-order valence-corrected chi connectivity index (χ4v) is 2.67. The van der Waals surface area contributed by atoms with Crippen LogP contribution in [0.1, 0.15) is 25.3 Å². The first-order chi connectivity index (χ1) is 9.65. The van der Waals surface area contributed by atoms with Gasteiger partial charge in [-0.15, -0.1) is 12.6 Å². The summed E-state index contributed by atoms with van der Waals surface area (Å²) in [6.07, 6.45) is 1.85. The molecule has 1 nitrogen and oxygen atoms in total. The lowest BCUT2D eigenvalue weighted by Crippen LogP contribution is -1.92. The SMILES string of the molecule is CC(C)c1cc(-c2cccc(S)c2)c2ncccc2c1. The van der Waals surface area contributed by atoms with Crippen LogP contribution in [0.25, 0.3) is 22.0 Å². The lowest BCUT2D eigenvalue weighted by Gasteiger charge is -2.12. The standard InChI is InChI=1S/C18H17NS/c1-12(2)15-9-14-6-4-8-19-18(14)17(11-15)13-5-3-7-16(20)10-13/h3-12,20H,1-2H3. The van der Waals surface area contributed by atoms with E-state index in [1.165, 1.54) is 22.1 Å². The van der Waals surface area contributed by atoms with Crippen LogP contribution < -0.4 is 0 Å². The molecular formula is C18H17NS. The van der Waals surface area contributed by atoms with Crippen LogP contribution in [0.2, 0.25) is 0 Å². The van der Waals surface area contributed by atoms with Gasteiger partial charge in [0, 0.05) is 22.0 Å². The molecule has 0 spiro atoms. The highest BCUT2D eigenvalue weighted by atomic mass is 32.1. The summed E-state index contributed by atoms with van der Waals surface area (Å²) in [5.41, 5.74) is 4.74. The molecule has 0 amide bonds. The molecule has 20 heavy (non-hydrogen) atoms. The Morgan fingerprint density at radius 1 is 1.00 bits per heavy atom. The van der Waals surface area contributed by atoms with Crippen molar-refractivity contribution < 1.29 is 0 Å². The molecule has 1 aromatic heterocycles. The van der Waals surface area contributed by atoms with Gasteiger partial charge in [-0.3, -0.25) is 4.98 Å². The Morgan fingerprint density at radius 3 is 2.60 bits per heavy atom. The summed E-state index contributed by atoms with van der Waals surface area (Å²) in [6, 6.07) is 16.9. The van der Waals surface area contributed by atoms with Gasteiger partial charge in [-0.2, -0.15) is 0 Å². The summed E-state index contributed by atoms with van der Waals surface area (Å²) >= 11 is 4.44. The number of thiol groups is 1. The minimum atomic E-state index is 0.498. The summed E-state index contributed by atoms with van der Waals surface area (Å²) in [4.78, 5) is 5.54. The maximum Gasteiger partial charge on any atom is 0.0780 e. The van der Waals surface area contributed by atoms with E-state index in [9.17, 15) is 0 Å². The average molecular weight is 279 g/mol. The molecule has 0 saturated heterocycles. The van der Waals surface area contributed by atoms with Crippen molar-refractivity contribution in [3.05, 3.63) is 60.3 Å². The average Bonchev–Trinajstić information content (AvgIpc) is 2.46. The highest BCUT2D eigenvalue weighted by Gasteiger charge is 2.09. The van der Waals surface area contributed by atoms with E-state index in [0.29, 0.717) is 5.92 Å². The van der Waals surface area contributed by atoms with Crippen LogP contribution in [0, 0.1) is 0 Å². The van der Waals surface area contributed by atoms with Crippen molar-refractivity contribution >= 4 is 23.5 Å². The zero-order valence-corrected chi connectivity index (χ0v) is 12.6. The number of nitrogens with zero attached hydrogens (tertiary/aromatic N) is 1. The van der Waals surface area contributed by atoms with Crippen LogP contribution in [0.5, 0.6) is 0 Å². The number of rotatable bonds is 2. The summed E-state index contributed by atoms with van der Waals surface area (Å²) in [7, 11) is 0. The summed E-state index contributed by atoms with van der Waals surface area (Å²) in [5, 5.41) is 1.19. The summed E-state index contributed by atoms with van der Waals surface area (Å²) in [5.74, 6) is 0.498. The highest BCUT2D eigenvalue weighted by molar-refractivity contribution is 7.80. The smallest absolute Gasteiger partial charge is 0.0780 e. The molecule has 0 bridgehead atoms. The fourth-order valence-electron chi connectivity index (χ4n) is 2.44. The second-order valence-electron chi connectivity index (χ2n) is 5.35. The van der Waals surface area contributed by atoms with Gasteiger partial charge in [0.2, 0.25) is 0 Å². The largest absolute Gasteiger partial charge is 0.256 e. The second kappa shape index (κ2) is 5.29. The van der Waals surface area contributed by atoms with Gasteiger partial charge in [0.05, 0.1) is 5.52 Å². The van der Waals surface area contributed by atoms with E-state index in [1.54, 1.807) is 0 Å². The Labute approximate surface area is 125 Å². The molecule has 0 aliphatic rings. The van der Waals surface area contributed by atoms with Crippen LogP contribution in [-0.2, 0) is 0 Å². The molecule has 0 radical (unpaired) electrons. The minimum Gasteiger partial charge on any atom is -0.256 e. The van der Waals surface area contributed by atoms with Gasteiger partial charge < -0.3 is 0 Å². The van der Waals surface area contributed by atoms with Crippen LogP contribution in [0.4, 0.5) is 0 Å². The molecule has 100 valence electrons. The minimum absolute atomic E-state index is 0.498. The number of pyridine rings is 1. The number of aromatic nitrogens is 1. The Bertz CT molecular complexity index is 762. The number of benzene rings is 2. The quantitative estimate of drug-likeness (QED) is 0.627. The highest BCUT2D eigenvalue weighted by Crippen LogP contribution is 2.32. The van der Waals surface area contributed by atoms with Gasteiger partial charge in [0.25, 0.3) is 0 Å². The van der Waals surface area contributed by atoms with Gasteiger partial charge in [-0.1, -0.05) is 32.0 Å². The van der Waals surface area contributed by atoms with E-state index in [0.717, 1.165) is 10.4 Å². The van der Waals surface area contributed by atoms with Crippen LogP contribution in [0.15, 0.2) is 59.6 Å². The molecule has 0 unspecified atom stereocenters. The molecule has 2 heteroatoms. The van der Waals surface area contributed by atoms with Crippen molar-refractivity contribution in [3.63, 3.8) is 0 Å². The van der Waals surface area contributed by atoms with Crippen molar-refractivity contribution in [1.82, 2.24) is 4.98 Å². The lowest BCUT2D eigenvalue weighted by atomic mass is 9.94.